The van der Waals surface area contributed by atoms with E-state index in [-0.39, 0.29) is 5.60 Å². The summed E-state index contributed by atoms with van der Waals surface area (Å²) in [7, 11) is 0. The summed E-state index contributed by atoms with van der Waals surface area (Å²) in [5.41, 5.74) is 0.828. The Balaban J connectivity index is 1.28. The van der Waals surface area contributed by atoms with E-state index in [1.54, 1.807) is 0 Å². The third kappa shape index (κ3) is 2.86. The van der Waals surface area contributed by atoms with Crippen LogP contribution in [0.4, 0.5) is 0 Å². The monoisotopic (exact) mass is 375 g/mol. The number of carboxylic acid groups (broad SMARTS) is 1. The molecule has 1 saturated carbocycles. The van der Waals surface area contributed by atoms with E-state index in [0.29, 0.717) is 29.8 Å². The van der Waals surface area contributed by atoms with E-state index < -0.39 is 5.97 Å². The molecular weight excluding hydrogens is 354 g/mol. The van der Waals surface area contributed by atoms with Gasteiger partial charge >= 0.3 is 5.97 Å². The zero-order valence-corrected chi connectivity index (χ0v) is 15.3. The van der Waals surface area contributed by atoms with E-state index >= 15 is 0 Å². The van der Waals surface area contributed by atoms with Crippen LogP contribution in [0.25, 0.3) is 0 Å². The van der Waals surface area contributed by atoms with Crippen LogP contribution in [0.5, 0.6) is 0 Å². The molecule has 0 amide bonds. The van der Waals surface area contributed by atoms with Crippen LogP contribution < -0.4 is 0 Å². The summed E-state index contributed by atoms with van der Waals surface area (Å²) in [6.45, 7) is 3.09. The van der Waals surface area contributed by atoms with Gasteiger partial charge in [-0.1, -0.05) is 5.16 Å². The molecule has 26 heavy (non-hydrogen) atoms. The Morgan fingerprint density at radius 2 is 2.19 bits per heavy atom. The van der Waals surface area contributed by atoms with Crippen molar-refractivity contribution in [3.63, 3.8) is 0 Å². The first kappa shape index (κ1) is 16.4. The normalized spacial score (nSPS) is 22.5. The molecule has 1 saturated heterocycles. The van der Waals surface area contributed by atoms with Gasteiger partial charge in [-0.15, -0.1) is 11.3 Å². The molecule has 2 aliphatic heterocycles. The average molecular weight is 375 g/mol. The summed E-state index contributed by atoms with van der Waals surface area (Å²) in [4.78, 5) is 19.7. The molecule has 2 aromatic rings. The van der Waals surface area contributed by atoms with Crippen molar-refractivity contribution in [2.75, 3.05) is 19.7 Å². The Labute approximate surface area is 155 Å². The number of rotatable bonds is 4. The highest BCUT2D eigenvalue weighted by Crippen LogP contribution is 2.45. The van der Waals surface area contributed by atoms with Crippen LogP contribution in [0.15, 0.2) is 10.6 Å². The Hall–Kier alpha value is -1.77. The van der Waals surface area contributed by atoms with Crippen LogP contribution >= 0.6 is 11.3 Å². The molecule has 8 heteroatoms. The van der Waals surface area contributed by atoms with Gasteiger partial charge in [0.15, 0.2) is 5.82 Å². The fraction of sp³-hybridized carbons (Fsp3) is 0.611. The van der Waals surface area contributed by atoms with E-state index in [4.69, 9.17) is 9.26 Å². The Kier molecular flexibility index (Phi) is 3.88. The van der Waals surface area contributed by atoms with Gasteiger partial charge in [-0.2, -0.15) is 4.98 Å². The molecule has 2 aromatic heterocycles. The second kappa shape index (κ2) is 6.14. The Bertz CT molecular complexity index is 833. The number of thiophene rings is 1. The van der Waals surface area contributed by atoms with Gasteiger partial charge in [-0.25, -0.2) is 4.79 Å². The number of likely N-dealkylation sites (tertiary alicyclic amines) is 1. The molecule has 0 aromatic carbocycles. The number of piperidine rings is 1. The third-order valence-electron chi connectivity index (χ3n) is 5.63. The maximum atomic E-state index is 11.3. The van der Waals surface area contributed by atoms with E-state index in [1.165, 1.54) is 24.2 Å². The van der Waals surface area contributed by atoms with E-state index in [9.17, 15) is 9.90 Å². The molecule has 3 aliphatic rings. The fourth-order valence-corrected chi connectivity index (χ4v) is 5.25. The summed E-state index contributed by atoms with van der Waals surface area (Å²) in [5.74, 6) is 1.21. The second-order valence-electron chi connectivity index (χ2n) is 7.46. The summed E-state index contributed by atoms with van der Waals surface area (Å²) in [6.07, 6.45) is 4.87. The van der Waals surface area contributed by atoms with Crippen molar-refractivity contribution < 1.29 is 19.2 Å². The molecular formula is C18H21N3O4S. The maximum Gasteiger partial charge on any atom is 0.345 e. The molecule has 0 radical (unpaired) electrons. The lowest BCUT2D eigenvalue weighted by molar-refractivity contribution is -0.0968. The van der Waals surface area contributed by atoms with Crippen molar-refractivity contribution in [1.82, 2.24) is 15.0 Å². The van der Waals surface area contributed by atoms with Crippen LogP contribution in [-0.4, -0.2) is 45.8 Å². The first-order valence-corrected chi connectivity index (χ1v) is 10.00. The van der Waals surface area contributed by atoms with E-state index in [2.05, 4.69) is 15.0 Å². The van der Waals surface area contributed by atoms with Crippen LogP contribution in [0.2, 0.25) is 0 Å². The third-order valence-corrected chi connectivity index (χ3v) is 6.98. The predicted octanol–water partition coefficient (Wildman–Crippen LogP) is 2.77. The van der Waals surface area contributed by atoms with Crippen LogP contribution in [0.3, 0.4) is 0 Å². The van der Waals surface area contributed by atoms with Crippen molar-refractivity contribution in [3.05, 3.63) is 33.1 Å². The molecule has 1 spiro atoms. The van der Waals surface area contributed by atoms with Crippen molar-refractivity contribution >= 4 is 17.3 Å². The summed E-state index contributed by atoms with van der Waals surface area (Å²) in [5, 5.41) is 13.4. The van der Waals surface area contributed by atoms with Gasteiger partial charge < -0.3 is 14.4 Å². The fourth-order valence-electron chi connectivity index (χ4n) is 4.00. The Morgan fingerprint density at radius 1 is 1.38 bits per heavy atom. The van der Waals surface area contributed by atoms with Crippen molar-refractivity contribution in [2.24, 2.45) is 0 Å². The molecule has 5 rings (SSSR count). The average Bonchev–Trinajstić information content (AvgIpc) is 3.21. The minimum atomic E-state index is -0.847. The lowest BCUT2D eigenvalue weighted by Crippen LogP contribution is -2.45. The highest BCUT2D eigenvalue weighted by molar-refractivity contribution is 7.14. The number of fused-ring (bicyclic) bond motifs is 2. The zero-order chi connectivity index (χ0) is 17.7. The number of hydrogen-bond donors (Lipinski definition) is 1. The highest BCUT2D eigenvalue weighted by Gasteiger charge is 2.43. The molecule has 2 fully saturated rings. The van der Waals surface area contributed by atoms with Crippen LogP contribution in [0.1, 0.15) is 63.4 Å². The lowest BCUT2D eigenvalue weighted by atomic mass is 9.85. The number of aromatic carboxylic acids is 1. The molecule has 4 heterocycles. The second-order valence-corrected chi connectivity index (χ2v) is 8.51. The van der Waals surface area contributed by atoms with Gasteiger partial charge in [0.25, 0.3) is 0 Å². The zero-order valence-electron chi connectivity index (χ0n) is 14.4. The maximum absolute atomic E-state index is 11.3. The lowest BCUT2D eigenvalue weighted by Gasteiger charge is -2.43. The van der Waals surface area contributed by atoms with Gasteiger partial charge in [-0.3, -0.25) is 4.90 Å². The molecule has 0 unspecified atom stereocenters. The van der Waals surface area contributed by atoms with E-state index in [0.717, 1.165) is 48.6 Å². The quantitative estimate of drug-likeness (QED) is 0.879. The first-order valence-electron chi connectivity index (χ1n) is 9.18. The largest absolute Gasteiger partial charge is 0.477 e. The smallest absolute Gasteiger partial charge is 0.345 e. The van der Waals surface area contributed by atoms with Crippen molar-refractivity contribution in [2.45, 2.75) is 50.2 Å². The van der Waals surface area contributed by atoms with Crippen LogP contribution in [-0.2, 0) is 23.3 Å². The SMILES string of the molecule is O=C(O)c1cc2c(s1)C1(CCN(Cc3nc(C4CC4)no3)CC1)OCC2. The number of hydrogen-bond acceptors (Lipinski definition) is 7. The molecule has 0 bridgehead atoms. The van der Waals surface area contributed by atoms with Gasteiger partial charge in [-0.05, 0) is 43.7 Å². The van der Waals surface area contributed by atoms with Gasteiger partial charge in [0, 0.05) is 23.9 Å². The summed E-state index contributed by atoms with van der Waals surface area (Å²) < 4.78 is 11.6. The summed E-state index contributed by atoms with van der Waals surface area (Å²) >= 11 is 1.38. The van der Waals surface area contributed by atoms with Gasteiger partial charge in [0.2, 0.25) is 5.89 Å². The van der Waals surface area contributed by atoms with E-state index in [1.807, 2.05) is 6.07 Å². The molecule has 138 valence electrons. The Morgan fingerprint density at radius 3 is 2.92 bits per heavy atom. The number of carbonyl (C=O) groups is 1. The van der Waals surface area contributed by atoms with Crippen molar-refractivity contribution in [1.29, 1.82) is 0 Å². The van der Waals surface area contributed by atoms with Gasteiger partial charge in [0.05, 0.1) is 13.2 Å². The molecule has 7 nitrogen and oxygen atoms in total. The van der Waals surface area contributed by atoms with Crippen LogP contribution in [0, 0.1) is 0 Å². The minimum Gasteiger partial charge on any atom is -0.477 e. The number of nitrogens with zero attached hydrogens (tertiary/aromatic N) is 3. The number of ether oxygens (including phenoxy) is 1. The van der Waals surface area contributed by atoms with Crippen molar-refractivity contribution in [3.8, 4) is 0 Å². The highest BCUT2D eigenvalue weighted by atomic mass is 32.1. The molecule has 0 atom stereocenters. The minimum absolute atomic E-state index is 0.323. The standard InChI is InChI=1S/C18H21N3O4S/c22-17(23)13-9-12-3-8-24-18(15(12)26-13)4-6-21(7-5-18)10-14-19-16(20-25-14)11-1-2-11/h9,11H,1-8,10H2,(H,22,23). The molecule has 1 N–H and O–H groups in total. The number of carboxylic acids is 1. The summed E-state index contributed by atoms with van der Waals surface area (Å²) in [6, 6.07) is 1.83. The predicted molar refractivity (Wildman–Crippen MR) is 93.4 cm³/mol. The van der Waals surface area contributed by atoms with Gasteiger partial charge in [0.1, 0.15) is 10.5 Å². The number of aromatic nitrogens is 2. The topological polar surface area (TPSA) is 88.7 Å². The first-order chi connectivity index (χ1) is 12.6. The molecule has 1 aliphatic carbocycles.